The van der Waals surface area contributed by atoms with Crippen LogP contribution in [-0.4, -0.2) is 37.6 Å². The predicted octanol–water partition coefficient (Wildman–Crippen LogP) is 3.31. The standard InChI is InChI=1S/C15H30N2.ClH/c1-4-6-14(2)7-5-10-17(12-14)13-15(3)8-9-16-11-15;/h16H,4-13H2,1-3H3;1H. The van der Waals surface area contributed by atoms with E-state index in [-0.39, 0.29) is 12.4 Å². The second kappa shape index (κ2) is 6.58. The van der Waals surface area contributed by atoms with Crippen molar-refractivity contribution in [2.24, 2.45) is 10.8 Å². The highest BCUT2D eigenvalue weighted by Crippen LogP contribution is 2.36. The van der Waals surface area contributed by atoms with Gasteiger partial charge in [-0.15, -0.1) is 12.4 Å². The summed E-state index contributed by atoms with van der Waals surface area (Å²) < 4.78 is 0. The molecular formula is C15H31ClN2. The minimum absolute atomic E-state index is 0. The molecule has 0 radical (unpaired) electrons. The maximum Gasteiger partial charge on any atom is 0.00482 e. The van der Waals surface area contributed by atoms with Crippen molar-refractivity contribution in [2.45, 2.75) is 52.9 Å². The van der Waals surface area contributed by atoms with Gasteiger partial charge in [0.05, 0.1) is 0 Å². The summed E-state index contributed by atoms with van der Waals surface area (Å²) in [6.45, 7) is 13.7. The van der Waals surface area contributed by atoms with Gasteiger partial charge in [0.2, 0.25) is 0 Å². The minimum atomic E-state index is 0. The second-order valence-corrected chi connectivity index (χ2v) is 7.11. The van der Waals surface area contributed by atoms with Gasteiger partial charge in [-0.05, 0) is 49.6 Å². The van der Waals surface area contributed by atoms with E-state index < -0.39 is 0 Å². The van der Waals surface area contributed by atoms with Crippen LogP contribution in [0.4, 0.5) is 0 Å². The normalized spacial score (nSPS) is 37.5. The topological polar surface area (TPSA) is 15.3 Å². The molecule has 2 nitrogen and oxygen atoms in total. The number of rotatable bonds is 4. The zero-order chi connectivity index (χ0) is 12.4. The Labute approximate surface area is 119 Å². The molecule has 3 heteroatoms. The molecule has 2 atom stereocenters. The maximum absolute atomic E-state index is 3.52. The van der Waals surface area contributed by atoms with E-state index in [1.165, 1.54) is 64.8 Å². The van der Waals surface area contributed by atoms with E-state index in [0.29, 0.717) is 10.8 Å². The van der Waals surface area contributed by atoms with E-state index in [1.54, 1.807) is 0 Å². The first kappa shape index (κ1) is 16.3. The second-order valence-electron chi connectivity index (χ2n) is 7.11. The lowest BCUT2D eigenvalue weighted by Crippen LogP contribution is -2.46. The van der Waals surface area contributed by atoms with Crippen LogP contribution in [0.3, 0.4) is 0 Å². The Morgan fingerprint density at radius 3 is 2.56 bits per heavy atom. The molecule has 18 heavy (non-hydrogen) atoms. The van der Waals surface area contributed by atoms with Gasteiger partial charge in [-0.3, -0.25) is 0 Å². The third-order valence-electron chi connectivity index (χ3n) is 4.78. The fraction of sp³-hybridized carbons (Fsp3) is 1.00. The Bertz CT molecular complexity index is 247. The molecule has 0 aromatic heterocycles. The summed E-state index contributed by atoms with van der Waals surface area (Å²) in [4.78, 5) is 2.74. The van der Waals surface area contributed by atoms with Gasteiger partial charge in [0.25, 0.3) is 0 Å². The van der Waals surface area contributed by atoms with E-state index in [0.717, 1.165) is 0 Å². The molecule has 0 aromatic rings. The molecule has 2 saturated heterocycles. The number of hydrogen-bond acceptors (Lipinski definition) is 2. The highest BCUT2D eigenvalue weighted by Gasteiger charge is 2.35. The van der Waals surface area contributed by atoms with Crippen molar-refractivity contribution < 1.29 is 0 Å². The van der Waals surface area contributed by atoms with Crippen LogP contribution in [-0.2, 0) is 0 Å². The van der Waals surface area contributed by atoms with Crippen LogP contribution in [0.1, 0.15) is 52.9 Å². The Kier molecular flexibility index (Phi) is 5.95. The lowest BCUT2D eigenvalue weighted by molar-refractivity contribution is 0.0645. The number of likely N-dealkylation sites (tertiary alicyclic amines) is 1. The van der Waals surface area contributed by atoms with Crippen LogP contribution in [0.2, 0.25) is 0 Å². The van der Waals surface area contributed by atoms with Crippen molar-refractivity contribution in [3.8, 4) is 0 Å². The van der Waals surface area contributed by atoms with Crippen LogP contribution in [0.15, 0.2) is 0 Å². The van der Waals surface area contributed by atoms with Gasteiger partial charge in [0.1, 0.15) is 0 Å². The van der Waals surface area contributed by atoms with Gasteiger partial charge in [-0.2, -0.15) is 0 Å². The highest BCUT2D eigenvalue weighted by atomic mass is 35.5. The largest absolute Gasteiger partial charge is 0.316 e. The van der Waals surface area contributed by atoms with E-state index in [1.807, 2.05) is 0 Å². The van der Waals surface area contributed by atoms with Crippen molar-refractivity contribution in [1.29, 1.82) is 0 Å². The quantitative estimate of drug-likeness (QED) is 0.846. The molecule has 2 rings (SSSR count). The first-order valence-corrected chi connectivity index (χ1v) is 7.48. The van der Waals surface area contributed by atoms with Crippen molar-refractivity contribution in [1.82, 2.24) is 10.2 Å². The number of nitrogens with one attached hydrogen (secondary N) is 1. The van der Waals surface area contributed by atoms with Gasteiger partial charge in [-0.1, -0.05) is 27.2 Å². The molecule has 108 valence electrons. The lowest BCUT2D eigenvalue weighted by atomic mass is 9.77. The first-order chi connectivity index (χ1) is 8.05. The minimum Gasteiger partial charge on any atom is -0.316 e. The van der Waals surface area contributed by atoms with Crippen molar-refractivity contribution in [2.75, 3.05) is 32.7 Å². The van der Waals surface area contributed by atoms with Crippen LogP contribution in [0.25, 0.3) is 0 Å². The third-order valence-corrected chi connectivity index (χ3v) is 4.78. The number of hydrogen-bond donors (Lipinski definition) is 1. The SMILES string of the molecule is CCCC1(C)CCCN(CC2(C)CCNC2)C1.Cl. The fourth-order valence-corrected chi connectivity index (χ4v) is 3.91. The Morgan fingerprint density at radius 2 is 1.94 bits per heavy atom. The average molecular weight is 275 g/mol. The molecule has 0 aromatic carbocycles. The Hall–Kier alpha value is 0.210. The average Bonchev–Trinajstić information content (AvgIpc) is 2.64. The van der Waals surface area contributed by atoms with Crippen LogP contribution >= 0.6 is 12.4 Å². The van der Waals surface area contributed by atoms with E-state index in [9.17, 15) is 0 Å². The summed E-state index contributed by atoms with van der Waals surface area (Å²) in [5.74, 6) is 0. The summed E-state index contributed by atoms with van der Waals surface area (Å²) in [5, 5.41) is 3.52. The van der Waals surface area contributed by atoms with Crippen molar-refractivity contribution >= 4 is 12.4 Å². The molecule has 0 aliphatic carbocycles. The van der Waals surface area contributed by atoms with Crippen LogP contribution < -0.4 is 5.32 Å². The summed E-state index contributed by atoms with van der Waals surface area (Å²) >= 11 is 0. The maximum atomic E-state index is 3.52. The zero-order valence-electron chi connectivity index (χ0n) is 12.4. The molecule has 0 bridgehead atoms. The molecule has 0 amide bonds. The van der Waals surface area contributed by atoms with Gasteiger partial charge < -0.3 is 10.2 Å². The predicted molar refractivity (Wildman–Crippen MR) is 81.5 cm³/mol. The van der Waals surface area contributed by atoms with Gasteiger partial charge in [-0.25, -0.2) is 0 Å². The molecule has 2 aliphatic rings. The third kappa shape index (κ3) is 4.11. The van der Waals surface area contributed by atoms with Crippen molar-refractivity contribution in [3.05, 3.63) is 0 Å². The van der Waals surface area contributed by atoms with Gasteiger partial charge in [0, 0.05) is 19.6 Å². The summed E-state index contributed by atoms with van der Waals surface area (Å²) in [6.07, 6.45) is 6.93. The van der Waals surface area contributed by atoms with E-state index in [4.69, 9.17) is 0 Å². The molecule has 0 spiro atoms. The van der Waals surface area contributed by atoms with Crippen molar-refractivity contribution in [3.63, 3.8) is 0 Å². The van der Waals surface area contributed by atoms with Gasteiger partial charge >= 0.3 is 0 Å². The Balaban J connectivity index is 0.00000162. The fourth-order valence-electron chi connectivity index (χ4n) is 3.91. The molecule has 2 unspecified atom stereocenters. The van der Waals surface area contributed by atoms with Gasteiger partial charge in [0.15, 0.2) is 0 Å². The molecule has 1 N–H and O–H groups in total. The number of piperidine rings is 1. The summed E-state index contributed by atoms with van der Waals surface area (Å²) in [7, 11) is 0. The molecular weight excluding hydrogens is 244 g/mol. The molecule has 0 saturated carbocycles. The molecule has 2 heterocycles. The summed E-state index contributed by atoms with van der Waals surface area (Å²) in [6, 6.07) is 0. The lowest BCUT2D eigenvalue weighted by Gasteiger charge is -2.43. The first-order valence-electron chi connectivity index (χ1n) is 7.48. The van der Waals surface area contributed by atoms with E-state index >= 15 is 0 Å². The van der Waals surface area contributed by atoms with Crippen LogP contribution in [0, 0.1) is 10.8 Å². The number of nitrogens with zero attached hydrogens (tertiary/aromatic N) is 1. The monoisotopic (exact) mass is 274 g/mol. The molecule has 2 aliphatic heterocycles. The highest BCUT2D eigenvalue weighted by molar-refractivity contribution is 5.85. The Morgan fingerprint density at radius 1 is 1.17 bits per heavy atom. The van der Waals surface area contributed by atoms with E-state index in [2.05, 4.69) is 31.0 Å². The molecule has 2 fully saturated rings. The zero-order valence-corrected chi connectivity index (χ0v) is 13.2. The van der Waals surface area contributed by atoms with Crippen LogP contribution in [0.5, 0.6) is 0 Å². The summed E-state index contributed by atoms with van der Waals surface area (Å²) in [5.41, 5.74) is 1.12. The number of halogens is 1. The smallest absolute Gasteiger partial charge is 0.00482 e.